The number of aromatic amines is 2. The molecule has 6 heterocycles. The van der Waals surface area contributed by atoms with Gasteiger partial charge in [0.15, 0.2) is 18.6 Å². The second-order valence-corrected chi connectivity index (χ2v) is 22.2. The Morgan fingerprint density at radius 3 is 2.09 bits per heavy atom. The zero-order chi connectivity index (χ0) is 52.8. The minimum atomic E-state index is -4.59. The number of methoxy groups -OCH3 is 2. The second-order valence-electron chi connectivity index (χ2n) is 18.3. The van der Waals surface area contributed by atoms with Crippen LogP contribution in [0.1, 0.15) is 60.4 Å². The van der Waals surface area contributed by atoms with E-state index in [0.717, 1.165) is 34.9 Å². The van der Waals surface area contributed by atoms with Crippen molar-refractivity contribution in [1.29, 1.82) is 0 Å². The number of hydrogen-bond acceptors (Lipinski definition) is 17. The number of H-pyrrole nitrogens is 2. The van der Waals surface area contributed by atoms with E-state index in [-0.39, 0.29) is 25.1 Å². The average Bonchev–Trinajstić information content (AvgIpc) is 4.03. The molecule has 400 valence electrons. The third-order valence-corrected chi connectivity index (χ3v) is 17.1. The Labute approximate surface area is 439 Å². The Morgan fingerprint density at radius 2 is 1.43 bits per heavy atom. The second kappa shape index (κ2) is 23.5. The summed E-state index contributed by atoms with van der Waals surface area (Å²) in [7, 11) is -1.46. The van der Waals surface area contributed by atoms with Gasteiger partial charge >= 0.3 is 18.5 Å². The van der Waals surface area contributed by atoms with Crippen molar-refractivity contribution in [2.24, 2.45) is 0 Å². The quantitative estimate of drug-likeness (QED) is 0.107. The molecule has 6 aromatic rings. The minimum Gasteiger partial charge on any atom is -0.621 e. The van der Waals surface area contributed by atoms with E-state index in [0.29, 0.717) is 46.1 Å². The van der Waals surface area contributed by atoms with E-state index in [1.807, 2.05) is 54.6 Å². The van der Waals surface area contributed by atoms with E-state index in [4.69, 9.17) is 46.9 Å². The minimum absolute atomic E-state index is 0.0216. The van der Waals surface area contributed by atoms with Crippen molar-refractivity contribution in [1.82, 2.24) is 24.4 Å². The molecule has 4 aliphatic heterocycles. The number of hydrogen-bond donors (Lipinski definition) is 3. The molecule has 76 heavy (non-hydrogen) atoms. The van der Waals surface area contributed by atoms with Crippen molar-refractivity contribution in [3.05, 3.63) is 192 Å². The molecule has 4 aliphatic rings. The summed E-state index contributed by atoms with van der Waals surface area (Å²) in [5.41, 5.74) is -2.47. The van der Waals surface area contributed by atoms with Gasteiger partial charge in [-0.05, 0) is 72.4 Å². The molecule has 3 fully saturated rings. The lowest BCUT2D eigenvalue weighted by Crippen LogP contribution is -2.44. The number of carbonyl (C=O) groups excluding carboxylic acids is 1. The highest BCUT2D eigenvalue weighted by Crippen LogP contribution is 2.69. The van der Waals surface area contributed by atoms with Crippen molar-refractivity contribution in [2.75, 3.05) is 40.6 Å². The van der Waals surface area contributed by atoms with Crippen LogP contribution in [0.15, 0.2) is 152 Å². The number of benzene rings is 4. The first kappa shape index (κ1) is 53.1. The predicted molar refractivity (Wildman–Crippen MR) is 273 cm³/mol. The molecule has 2 unspecified atom stereocenters. The number of rotatable bonds is 13. The highest BCUT2D eigenvalue weighted by molar-refractivity contribution is 8.57. The highest BCUT2D eigenvalue weighted by atomic mass is 32.7. The first-order chi connectivity index (χ1) is 36.9. The Bertz CT molecular complexity index is 3130. The maximum Gasteiger partial charge on any atom is 0.330 e. The van der Waals surface area contributed by atoms with E-state index in [1.165, 1.54) is 17.0 Å². The molecule has 4 bridgehead atoms. The average molecular weight is 1080 g/mol. The number of nitrogens with zero attached hydrogens (tertiary/aromatic N) is 2. The molecular weight excluding hydrogens is 1030 g/mol. The molecule has 3 saturated heterocycles. The molecule has 4 aromatic carbocycles. The summed E-state index contributed by atoms with van der Waals surface area (Å²) < 4.78 is 66.3. The fourth-order valence-corrected chi connectivity index (χ4v) is 13.2. The van der Waals surface area contributed by atoms with Crippen molar-refractivity contribution in [2.45, 2.75) is 92.0 Å². The lowest BCUT2D eigenvalue weighted by molar-refractivity contribution is -0.225. The Morgan fingerprint density at radius 1 is 0.763 bits per heavy atom. The first-order valence-corrected chi connectivity index (χ1v) is 27.7. The maximum absolute atomic E-state index is 16.0. The Hall–Kier alpha value is -6.27. The largest absolute Gasteiger partial charge is 0.621 e. The summed E-state index contributed by atoms with van der Waals surface area (Å²) in [6.45, 7) is -1.36. The monoisotopic (exact) mass is 1080 g/mol. The van der Waals surface area contributed by atoms with E-state index in [2.05, 4.69) is 15.3 Å². The summed E-state index contributed by atoms with van der Waals surface area (Å²) in [4.78, 5) is 87.9. The van der Waals surface area contributed by atoms with Crippen LogP contribution in [0.3, 0.4) is 0 Å². The van der Waals surface area contributed by atoms with Crippen LogP contribution in [0.25, 0.3) is 0 Å². The summed E-state index contributed by atoms with van der Waals surface area (Å²) in [5.74, 6) is 0.449. The standard InChI is InChI=1S/C53H56N5O16PS/c1-65-37-20-16-35(17-21-37)53(34-11-5-3-6-12-34,36-18-22-38(66-2)23-19-36)69-30-42-47-48(50(73-42)57-25-24-43(59)55-51(57)62)68-32-44(60)54-28-33-29-58(52(63)56-49(33)61)45-27-40(72-46-15-9-10-26-67-46)41(71-45)31-70-75(64,74-47)76-39-13-7-4-8-14-39/h3-8,11-14,16-25,29,40-42,45-48,50H,9-10,15,26-28,30-32H2,1-2H3,(H,54,60)(H,55,59,62)(H,56,61,63)/t40-,41+,42+,45+,46?,47+,48+,50+,75?/m0/s1. The SMILES string of the molecule is COc1ccc(C(OC[C@H]2O[C@@H](n3ccc(=O)[nH]c3=O)[C@@H]3OCC(=O)NCc4cn(c(=O)[nH]c4=O)[C@H]4C[C@H](OC5CCCCO5)[C@@H](CO[P+]([O-])(Sc5ccccc5)O[C@@H]32)O4)(c2ccccc2)c2ccc(OC)cc2)cc1. The number of aromatic nitrogens is 4. The molecule has 23 heteroatoms. The predicted octanol–water partition coefficient (Wildman–Crippen LogP) is 4.46. The van der Waals surface area contributed by atoms with E-state index in [9.17, 15) is 24.0 Å². The van der Waals surface area contributed by atoms with Crippen LogP contribution in [-0.4, -0.2) is 102 Å². The number of carbonyl (C=O) groups is 1. The van der Waals surface area contributed by atoms with Crippen LogP contribution >= 0.6 is 18.5 Å². The highest BCUT2D eigenvalue weighted by Gasteiger charge is 2.55. The Kier molecular flexibility index (Phi) is 16.5. The summed E-state index contributed by atoms with van der Waals surface area (Å²) >= 11 is 0.788. The lowest BCUT2D eigenvalue weighted by Gasteiger charge is -2.37. The van der Waals surface area contributed by atoms with Crippen LogP contribution < -0.4 is 42.2 Å². The van der Waals surface area contributed by atoms with Gasteiger partial charge in [-0.2, -0.15) is 9.05 Å². The third-order valence-electron chi connectivity index (χ3n) is 13.5. The molecule has 0 aliphatic carbocycles. The fourth-order valence-electron chi connectivity index (χ4n) is 9.74. The van der Waals surface area contributed by atoms with Crippen LogP contribution in [0, 0.1) is 0 Å². The van der Waals surface area contributed by atoms with Gasteiger partial charge in [0.1, 0.15) is 66.2 Å². The molecule has 10 rings (SSSR count). The van der Waals surface area contributed by atoms with Gasteiger partial charge < -0.3 is 48.1 Å². The number of ether oxygens (including phenoxy) is 8. The van der Waals surface area contributed by atoms with Crippen LogP contribution in [0.4, 0.5) is 0 Å². The van der Waals surface area contributed by atoms with Gasteiger partial charge in [0.05, 0.1) is 37.4 Å². The number of nitrogens with one attached hydrogen (secondary N) is 3. The van der Waals surface area contributed by atoms with Gasteiger partial charge in [-0.3, -0.25) is 33.5 Å². The molecule has 1 amide bonds. The van der Waals surface area contributed by atoms with Gasteiger partial charge in [-0.25, -0.2) is 9.59 Å². The van der Waals surface area contributed by atoms with Gasteiger partial charge in [0, 0.05) is 38.0 Å². The van der Waals surface area contributed by atoms with Gasteiger partial charge in [0.25, 0.3) is 11.1 Å². The normalized spacial score (nSPS) is 26.2. The molecule has 0 saturated carbocycles. The molecule has 3 N–H and O–H groups in total. The Balaban J connectivity index is 1.09. The third kappa shape index (κ3) is 11.7. The van der Waals surface area contributed by atoms with E-state index < -0.39 is 104 Å². The zero-order valence-corrected chi connectivity index (χ0v) is 43.1. The molecule has 0 spiro atoms. The zero-order valence-electron chi connectivity index (χ0n) is 41.4. The molecule has 2 aromatic heterocycles. The summed E-state index contributed by atoms with van der Waals surface area (Å²) in [5, 5.41) is 2.68. The van der Waals surface area contributed by atoms with Crippen LogP contribution in [-0.2, 0) is 54.4 Å². The maximum atomic E-state index is 16.0. The van der Waals surface area contributed by atoms with Crippen molar-refractivity contribution >= 4 is 24.4 Å². The van der Waals surface area contributed by atoms with Crippen molar-refractivity contribution in [3.63, 3.8) is 0 Å². The van der Waals surface area contributed by atoms with Gasteiger partial charge in [-0.15, -0.1) is 0 Å². The summed E-state index contributed by atoms with van der Waals surface area (Å²) in [6, 6.07) is 34.0. The molecular formula is C53H56N5O16PS. The van der Waals surface area contributed by atoms with Crippen molar-refractivity contribution < 1.29 is 56.6 Å². The van der Waals surface area contributed by atoms with Gasteiger partial charge in [0.2, 0.25) is 5.91 Å². The van der Waals surface area contributed by atoms with Crippen LogP contribution in [0.5, 0.6) is 11.5 Å². The lowest BCUT2D eigenvalue weighted by atomic mass is 9.80. The molecule has 9 atom stereocenters. The fraction of sp³-hybridized carbons (Fsp3) is 0.377. The number of amides is 1. The molecule has 0 radical (unpaired) electrons. The summed E-state index contributed by atoms with van der Waals surface area (Å²) in [6.07, 6.45) is -4.22. The van der Waals surface area contributed by atoms with E-state index >= 15 is 4.89 Å². The van der Waals surface area contributed by atoms with E-state index in [1.54, 1.807) is 68.8 Å². The van der Waals surface area contributed by atoms with Crippen LogP contribution in [0.2, 0.25) is 0 Å². The molecule has 21 nitrogen and oxygen atoms in total. The number of fused-ring (bicyclic) bond motifs is 6. The smallest absolute Gasteiger partial charge is 0.330 e. The van der Waals surface area contributed by atoms with Gasteiger partial charge in [-0.1, -0.05) is 72.8 Å². The topological polar surface area (TPSA) is 254 Å². The first-order valence-electron chi connectivity index (χ1n) is 24.7. The van der Waals surface area contributed by atoms with Crippen molar-refractivity contribution in [3.8, 4) is 11.5 Å².